The third-order valence-electron chi connectivity index (χ3n) is 6.99. The molecule has 37 heavy (non-hydrogen) atoms. The topological polar surface area (TPSA) is 12.9 Å². The van der Waals surface area contributed by atoms with Crippen LogP contribution in [0, 0.1) is 27.7 Å². The van der Waals surface area contributed by atoms with Gasteiger partial charge in [-0.25, -0.2) is 0 Å². The summed E-state index contributed by atoms with van der Waals surface area (Å²) in [6.45, 7) is 8.83. The van der Waals surface area contributed by atoms with E-state index < -0.39 is 7.92 Å². The molecule has 0 aliphatic carbocycles. The van der Waals surface area contributed by atoms with E-state index in [1.165, 1.54) is 65.3 Å². The lowest BCUT2D eigenvalue weighted by Crippen LogP contribution is -2.23. The summed E-state index contributed by atoms with van der Waals surface area (Å²) in [6, 6.07) is 38.2. The molecule has 0 saturated heterocycles. The van der Waals surface area contributed by atoms with Gasteiger partial charge in [-0.1, -0.05) is 119 Å². The Morgan fingerprint density at radius 1 is 0.514 bits per heavy atom. The summed E-state index contributed by atoms with van der Waals surface area (Å²) in [5.41, 5.74) is 7.52. The van der Waals surface area contributed by atoms with Gasteiger partial charge in [-0.2, -0.15) is 0 Å². The summed E-state index contributed by atoms with van der Waals surface area (Å²) in [5.74, 6) is 0. The number of aryl methyl sites for hydroxylation is 4. The molecule has 6 rings (SSSR count). The molecule has 0 atom stereocenters. The fraction of sp³-hybridized carbons (Fsp3) is 0.114. The third kappa shape index (κ3) is 4.45. The van der Waals surface area contributed by atoms with E-state index >= 15 is 0 Å². The van der Waals surface area contributed by atoms with Crippen molar-refractivity contribution in [3.8, 4) is 11.3 Å². The van der Waals surface area contributed by atoms with Gasteiger partial charge in [-0.3, -0.25) is 4.98 Å². The molecule has 0 amide bonds. The normalized spacial score (nSPS) is 11.5. The first-order valence-electron chi connectivity index (χ1n) is 12.8. The second kappa shape index (κ2) is 9.58. The Balaban J connectivity index is 1.75. The molecule has 0 fully saturated rings. The van der Waals surface area contributed by atoms with Crippen LogP contribution in [-0.2, 0) is 0 Å². The number of hydrogen-bond acceptors (Lipinski definition) is 1. The maximum atomic E-state index is 5.04. The zero-order valence-corrected chi connectivity index (χ0v) is 22.7. The summed E-state index contributed by atoms with van der Waals surface area (Å²) in [7, 11) is -0.824. The molecule has 0 unspecified atom stereocenters. The molecule has 0 aliphatic rings. The summed E-state index contributed by atoms with van der Waals surface area (Å²) < 4.78 is 0. The van der Waals surface area contributed by atoms with E-state index in [-0.39, 0.29) is 0 Å². The zero-order chi connectivity index (χ0) is 25.5. The van der Waals surface area contributed by atoms with Crippen LogP contribution in [0.4, 0.5) is 0 Å². The predicted molar refractivity (Wildman–Crippen MR) is 162 cm³/mol. The van der Waals surface area contributed by atoms with Gasteiger partial charge in [-0.05, 0) is 73.8 Å². The summed E-state index contributed by atoms with van der Waals surface area (Å²) >= 11 is 0. The standard InChI is InChI=1S/C35H30NP/c1-23-17-24(2)20-29(19-23)37(30-21-25(3)18-26(4)22-30)33-14-13-27-9-5-7-11-31(27)34(33)35-32-12-8-6-10-28(32)15-16-36-35/h5-22H,1-4H3. The highest BCUT2D eigenvalue weighted by Gasteiger charge is 2.24. The summed E-state index contributed by atoms with van der Waals surface area (Å²) in [6.07, 6.45) is 1.96. The van der Waals surface area contributed by atoms with Gasteiger partial charge in [0.15, 0.2) is 0 Å². The maximum Gasteiger partial charge on any atom is 0.0793 e. The summed E-state index contributed by atoms with van der Waals surface area (Å²) in [5, 5.41) is 9.03. The van der Waals surface area contributed by atoms with Crippen molar-refractivity contribution < 1.29 is 0 Å². The van der Waals surface area contributed by atoms with E-state index in [1.54, 1.807) is 0 Å². The monoisotopic (exact) mass is 495 g/mol. The van der Waals surface area contributed by atoms with E-state index in [0.717, 1.165) is 5.69 Å². The van der Waals surface area contributed by atoms with Gasteiger partial charge >= 0.3 is 0 Å². The van der Waals surface area contributed by atoms with Crippen LogP contribution >= 0.6 is 7.92 Å². The first-order chi connectivity index (χ1) is 18.0. The van der Waals surface area contributed by atoms with Gasteiger partial charge in [0.2, 0.25) is 0 Å². The van der Waals surface area contributed by atoms with Gasteiger partial charge in [0, 0.05) is 17.1 Å². The van der Waals surface area contributed by atoms with E-state index in [2.05, 4.69) is 131 Å². The van der Waals surface area contributed by atoms with E-state index in [0.29, 0.717) is 0 Å². The minimum atomic E-state index is -0.824. The highest BCUT2D eigenvalue weighted by molar-refractivity contribution is 7.80. The molecule has 0 aliphatic heterocycles. The van der Waals surface area contributed by atoms with Crippen LogP contribution in [0.2, 0.25) is 0 Å². The molecule has 1 aromatic heterocycles. The van der Waals surface area contributed by atoms with Gasteiger partial charge in [0.1, 0.15) is 0 Å². The Hall–Kier alpha value is -3.80. The van der Waals surface area contributed by atoms with E-state index in [9.17, 15) is 0 Å². The lowest BCUT2D eigenvalue weighted by molar-refractivity contribution is 1.37. The van der Waals surface area contributed by atoms with Crippen LogP contribution in [-0.4, -0.2) is 4.98 Å². The van der Waals surface area contributed by atoms with Crippen LogP contribution in [0.3, 0.4) is 0 Å². The molecule has 1 heterocycles. The smallest absolute Gasteiger partial charge is 0.0793 e. The quantitative estimate of drug-likeness (QED) is 0.226. The molecule has 5 aromatic carbocycles. The Morgan fingerprint density at radius 2 is 1.03 bits per heavy atom. The number of pyridine rings is 1. The molecule has 2 heteroatoms. The van der Waals surface area contributed by atoms with Crippen molar-refractivity contribution in [3.63, 3.8) is 0 Å². The molecule has 180 valence electrons. The lowest BCUT2D eigenvalue weighted by atomic mass is 9.98. The van der Waals surface area contributed by atoms with Crippen LogP contribution in [0.1, 0.15) is 22.3 Å². The average molecular weight is 496 g/mol. The van der Waals surface area contributed by atoms with Crippen molar-refractivity contribution in [1.29, 1.82) is 0 Å². The van der Waals surface area contributed by atoms with Crippen LogP contribution in [0.5, 0.6) is 0 Å². The van der Waals surface area contributed by atoms with Crippen molar-refractivity contribution in [1.82, 2.24) is 4.98 Å². The number of hydrogen-bond donors (Lipinski definition) is 0. The molecule has 0 saturated carbocycles. The maximum absolute atomic E-state index is 5.04. The van der Waals surface area contributed by atoms with Gasteiger partial charge < -0.3 is 0 Å². The molecule has 0 radical (unpaired) electrons. The summed E-state index contributed by atoms with van der Waals surface area (Å²) in [4.78, 5) is 5.04. The minimum absolute atomic E-state index is 0.824. The minimum Gasteiger partial charge on any atom is -0.256 e. The van der Waals surface area contributed by atoms with Crippen molar-refractivity contribution in [2.24, 2.45) is 0 Å². The van der Waals surface area contributed by atoms with Gasteiger partial charge in [-0.15, -0.1) is 0 Å². The fourth-order valence-corrected chi connectivity index (χ4v) is 8.46. The highest BCUT2D eigenvalue weighted by Crippen LogP contribution is 2.42. The Morgan fingerprint density at radius 3 is 1.62 bits per heavy atom. The molecular formula is C35H30NP. The third-order valence-corrected chi connectivity index (χ3v) is 9.39. The molecule has 0 N–H and O–H groups in total. The zero-order valence-electron chi connectivity index (χ0n) is 21.8. The number of rotatable bonds is 4. The Bertz CT molecular complexity index is 1690. The predicted octanol–water partition coefficient (Wildman–Crippen LogP) is 8.05. The Kier molecular flexibility index (Phi) is 6.11. The van der Waals surface area contributed by atoms with Gasteiger partial charge in [0.05, 0.1) is 5.69 Å². The van der Waals surface area contributed by atoms with Crippen molar-refractivity contribution in [3.05, 3.63) is 132 Å². The molecule has 0 bridgehead atoms. The SMILES string of the molecule is Cc1cc(C)cc(P(c2cc(C)cc(C)c2)c2ccc3ccccc3c2-c2nccc3ccccc23)c1. The van der Waals surface area contributed by atoms with Crippen LogP contribution < -0.4 is 15.9 Å². The second-order valence-electron chi connectivity index (χ2n) is 10.1. The molecule has 1 nitrogen and oxygen atoms in total. The number of nitrogens with zero attached hydrogens (tertiary/aromatic N) is 1. The molecule has 0 spiro atoms. The van der Waals surface area contributed by atoms with E-state index in [1.807, 2.05) is 6.20 Å². The number of aromatic nitrogens is 1. The lowest BCUT2D eigenvalue weighted by Gasteiger charge is -2.25. The second-order valence-corrected chi connectivity index (χ2v) is 12.3. The van der Waals surface area contributed by atoms with E-state index in [4.69, 9.17) is 4.98 Å². The van der Waals surface area contributed by atoms with Crippen molar-refractivity contribution >= 4 is 45.4 Å². The highest BCUT2D eigenvalue weighted by atomic mass is 31.1. The largest absolute Gasteiger partial charge is 0.256 e. The van der Waals surface area contributed by atoms with Crippen molar-refractivity contribution in [2.75, 3.05) is 0 Å². The van der Waals surface area contributed by atoms with Crippen LogP contribution in [0.15, 0.2) is 109 Å². The molecular weight excluding hydrogens is 465 g/mol. The van der Waals surface area contributed by atoms with Crippen LogP contribution in [0.25, 0.3) is 32.8 Å². The number of benzene rings is 5. The Labute approximate surface area is 220 Å². The molecule has 6 aromatic rings. The van der Waals surface area contributed by atoms with Crippen molar-refractivity contribution in [2.45, 2.75) is 27.7 Å². The first-order valence-corrected chi connectivity index (χ1v) is 14.1. The van der Waals surface area contributed by atoms with Gasteiger partial charge in [0.25, 0.3) is 0 Å². The number of fused-ring (bicyclic) bond motifs is 2. The fourth-order valence-electron chi connectivity index (χ4n) is 5.60. The first kappa shape index (κ1) is 23.6. The average Bonchev–Trinajstić information content (AvgIpc) is 2.87.